The third-order valence-electron chi connectivity index (χ3n) is 4.77. The van der Waals surface area contributed by atoms with Crippen LogP contribution in [0.1, 0.15) is 19.3 Å². The topological polar surface area (TPSA) is 59.6 Å². The summed E-state index contributed by atoms with van der Waals surface area (Å²) in [5.41, 5.74) is 0.295. The lowest BCUT2D eigenvalue weighted by molar-refractivity contribution is -0.118. The van der Waals surface area contributed by atoms with Crippen LogP contribution >= 0.6 is 0 Å². The molecule has 1 atom stereocenters. The molecule has 1 aromatic rings. The van der Waals surface area contributed by atoms with E-state index in [0.717, 1.165) is 32.4 Å². The van der Waals surface area contributed by atoms with E-state index < -0.39 is 6.61 Å². The highest BCUT2D eigenvalue weighted by atomic mass is 19.3. The summed E-state index contributed by atoms with van der Waals surface area (Å²) < 4.78 is 34.6. The molecule has 1 amide bonds. The fraction of sp³-hybridized carbons (Fsp3) is 0.562. The van der Waals surface area contributed by atoms with Crippen LogP contribution in [-0.2, 0) is 4.79 Å². The van der Waals surface area contributed by atoms with Crippen molar-refractivity contribution in [1.29, 1.82) is 0 Å². The number of hydrogen-bond donors (Lipinski definition) is 2. The maximum absolute atomic E-state index is 12.5. The molecule has 1 aliphatic heterocycles. The number of rotatable bonds is 5. The number of anilines is 1. The number of benzene rings is 1. The smallest absolute Gasteiger partial charge is 0.387 e. The summed E-state index contributed by atoms with van der Waals surface area (Å²) in [7, 11) is 1.47. The number of alkyl halides is 2. The highest BCUT2D eigenvalue weighted by Crippen LogP contribution is 2.58. The molecular weight excluding hydrogens is 306 g/mol. The molecule has 23 heavy (non-hydrogen) atoms. The van der Waals surface area contributed by atoms with Gasteiger partial charge in [0.15, 0.2) is 0 Å². The summed E-state index contributed by atoms with van der Waals surface area (Å²) in [4.78, 5) is 12.5. The maximum atomic E-state index is 12.5. The summed E-state index contributed by atoms with van der Waals surface area (Å²) in [5.74, 6) is 0.206. The SMILES string of the molecule is COc1ccc(OC(F)F)c(NC(=O)C2CC23CCNCC3)c1. The minimum absolute atomic E-state index is 0.0600. The zero-order valence-electron chi connectivity index (χ0n) is 12.9. The molecule has 126 valence electrons. The molecule has 1 spiro atoms. The molecule has 7 heteroatoms. The highest BCUT2D eigenvalue weighted by molar-refractivity contribution is 5.96. The Hall–Kier alpha value is -1.89. The van der Waals surface area contributed by atoms with E-state index in [1.807, 2.05) is 0 Å². The third kappa shape index (κ3) is 3.39. The van der Waals surface area contributed by atoms with Crippen LogP contribution in [0.4, 0.5) is 14.5 Å². The maximum Gasteiger partial charge on any atom is 0.387 e. The monoisotopic (exact) mass is 326 g/mol. The molecule has 2 fully saturated rings. The van der Waals surface area contributed by atoms with Gasteiger partial charge >= 0.3 is 6.61 Å². The van der Waals surface area contributed by atoms with E-state index in [1.54, 1.807) is 0 Å². The van der Waals surface area contributed by atoms with E-state index in [9.17, 15) is 13.6 Å². The van der Waals surface area contributed by atoms with Crippen LogP contribution in [0.2, 0.25) is 0 Å². The molecule has 2 N–H and O–H groups in total. The standard InChI is InChI=1S/C16H20F2N2O3/c1-22-10-2-3-13(23-15(17)18)12(8-10)20-14(21)11-9-16(11)4-6-19-7-5-16/h2-3,8,11,15,19H,4-7,9H2,1H3,(H,20,21). The highest BCUT2D eigenvalue weighted by Gasteiger charge is 2.57. The molecule has 1 unspecified atom stereocenters. The number of hydrogen-bond acceptors (Lipinski definition) is 4. The molecular formula is C16H20F2N2O3. The lowest BCUT2D eigenvalue weighted by atomic mass is 9.92. The molecule has 0 radical (unpaired) electrons. The van der Waals surface area contributed by atoms with Gasteiger partial charge in [0.1, 0.15) is 11.5 Å². The van der Waals surface area contributed by atoms with Gasteiger partial charge in [-0.15, -0.1) is 0 Å². The van der Waals surface area contributed by atoms with Crippen LogP contribution in [0, 0.1) is 11.3 Å². The average molecular weight is 326 g/mol. The summed E-state index contributed by atoms with van der Waals surface area (Å²) in [6.45, 7) is -1.11. The quantitative estimate of drug-likeness (QED) is 0.873. The predicted molar refractivity (Wildman–Crippen MR) is 80.9 cm³/mol. The molecule has 1 aliphatic carbocycles. The number of ether oxygens (including phenoxy) is 2. The van der Waals surface area contributed by atoms with Gasteiger partial charge in [-0.2, -0.15) is 8.78 Å². The normalized spacial score (nSPS) is 22.0. The summed E-state index contributed by atoms with van der Waals surface area (Å²) in [5, 5.41) is 6.01. The number of carbonyl (C=O) groups is 1. The van der Waals surface area contributed by atoms with Crippen LogP contribution in [0.5, 0.6) is 11.5 Å². The van der Waals surface area contributed by atoms with Crippen molar-refractivity contribution in [3.8, 4) is 11.5 Å². The molecule has 1 heterocycles. The third-order valence-corrected chi connectivity index (χ3v) is 4.77. The first-order valence-electron chi connectivity index (χ1n) is 7.68. The molecule has 3 rings (SSSR count). The number of amides is 1. The minimum atomic E-state index is -2.95. The van der Waals surface area contributed by atoms with E-state index in [-0.39, 0.29) is 28.7 Å². The Labute approximate surface area is 133 Å². The van der Waals surface area contributed by atoms with Crippen LogP contribution < -0.4 is 20.1 Å². The fourth-order valence-electron chi connectivity index (χ4n) is 3.35. The van der Waals surface area contributed by atoms with Crippen molar-refractivity contribution in [2.45, 2.75) is 25.9 Å². The van der Waals surface area contributed by atoms with E-state index >= 15 is 0 Å². The molecule has 0 aromatic heterocycles. The number of nitrogens with one attached hydrogen (secondary N) is 2. The second kappa shape index (κ2) is 6.31. The number of piperidine rings is 1. The summed E-state index contributed by atoms with van der Waals surface area (Å²) in [6.07, 6.45) is 2.81. The van der Waals surface area contributed by atoms with Gasteiger partial charge in [0.2, 0.25) is 5.91 Å². The molecule has 5 nitrogen and oxygen atoms in total. The van der Waals surface area contributed by atoms with Crippen LogP contribution in [0.25, 0.3) is 0 Å². The Balaban J connectivity index is 1.72. The van der Waals surface area contributed by atoms with Gasteiger partial charge in [-0.3, -0.25) is 4.79 Å². The molecule has 1 aromatic carbocycles. The lowest BCUT2D eigenvalue weighted by Crippen LogP contribution is -2.31. The molecule has 1 saturated heterocycles. The van der Waals surface area contributed by atoms with Crippen LogP contribution in [-0.4, -0.2) is 32.7 Å². The Morgan fingerprint density at radius 1 is 1.39 bits per heavy atom. The van der Waals surface area contributed by atoms with Crippen molar-refractivity contribution < 1.29 is 23.0 Å². The number of methoxy groups -OCH3 is 1. The Morgan fingerprint density at radius 3 is 2.78 bits per heavy atom. The van der Waals surface area contributed by atoms with Crippen molar-refractivity contribution >= 4 is 11.6 Å². The fourth-order valence-corrected chi connectivity index (χ4v) is 3.35. The zero-order valence-corrected chi connectivity index (χ0v) is 12.9. The van der Waals surface area contributed by atoms with Gasteiger partial charge in [-0.05, 0) is 49.9 Å². The van der Waals surface area contributed by atoms with Crippen molar-refractivity contribution in [3.05, 3.63) is 18.2 Å². The van der Waals surface area contributed by atoms with Gasteiger partial charge in [-0.25, -0.2) is 0 Å². The van der Waals surface area contributed by atoms with Crippen molar-refractivity contribution in [3.63, 3.8) is 0 Å². The number of halogens is 2. The Kier molecular flexibility index (Phi) is 4.39. The van der Waals surface area contributed by atoms with Gasteiger partial charge in [0.05, 0.1) is 12.8 Å². The second-order valence-corrected chi connectivity index (χ2v) is 6.10. The van der Waals surface area contributed by atoms with Crippen LogP contribution in [0.3, 0.4) is 0 Å². The Bertz CT molecular complexity index is 589. The van der Waals surface area contributed by atoms with Crippen molar-refractivity contribution in [2.24, 2.45) is 11.3 Å². The Morgan fingerprint density at radius 2 is 2.13 bits per heavy atom. The lowest BCUT2D eigenvalue weighted by Gasteiger charge is -2.23. The molecule has 1 saturated carbocycles. The largest absolute Gasteiger partial charge is 0.497 e. The van der Waals surface area contributed by atoms with Gasteiger partial charge in [0.25, 0.3) is 0 Å². The summed E-state index contributed by atoms with van der Waals surface area (Å²) >= 11 is 0. The van der Waals surface area contributed by atoms with Gasteiger partial charge < -0.3 is 20.1 Å². The van der Waals surface area contributed by atoms with E-state index in [2.05, 4.69) is 15.4 Å². The van der Waals surface area contributed by atoms with Crippen molar-refractivity contribution in [1.82, 2.24) is 5.32 Å². The van der Waals surface area contributed by atoms with Gasteiger partial charge in [0, 0.05) is 12.0 Å². The first-order chi connectivity index (χ1) is 11.0. The van der Waals surface area contributed by atoms with E-state index in [0.29, 0.717) is 5.75 Å². The summed E-state index contributed by atoms with van der Waals surface area (Å²) in [6, 6.07) is 4.37. The van der Waals surface area contributed by atoms with E-state index in [1.165, 1.54) is 25.3 Å². The van der Waals surface area contributed by atoms with E-state index in [4.69, 9.17) is 4.74 Å². The molecule has 2 aliphatic rings. The first-order valence-corrected chi connectivity index (χ1v) is 7.68. The van der Waals surface area contributed by atoms with Crippen molar-refractivity contribution in [2.75, 3.05) is 25.5 Å². The first kappa shape index (κ1) is 16.0. The van der Waals surface area contributed by atoms with Crippen LogP contribution in [0.15, 0.2) is 18.2 Å². The second-order valence-electron chi connectivity index (χ2n) is 6.10. The van der Waals surface area contributed by atoms with Gasteiger partial charge in [-0.1, -0.05) is 0 Å². The minimum Gasteiger partial charge on any atom is -0.497 e. The zero-order chi connectivity index (χ0) is 16.4. The number of carbonyl (C=O) groups excluding carboxylic acids is 1. The molecule has 0 bridgehead atoms. The average Bonchev–Trinajstić information content (AvgIpc) is 3.22. The predicted octanol–water partition coefficient (Wildman–Crippen LogP) is 2.62.